The van der Waals surface area contributed by atoms with Crippen LogP contribution in [0.2, 0.25) is 16.6 Å². The number of benzene rings is 3. The molecule has 0 spiro atoms. The Morgan fingerprint density at radius 1 is 1.00 bits per heavy atom. The van der Waals surface area contributed by atoms with Gasteiger partial charge in [0.2, 0.25) is 0 Å². The first-order valence-electron chi connectivity index (χ1n) is 16.5. The van der Waals surface area contributed by atoms with Crippen LogP contribution in [0.5, 0.6) is 5.75 Å². The van der Waals surface area contributed by atoms with Crippen LogP contribution >= 0.6 is 0 Å². The molecule has 1 saturated heterocycles. The fourth-order valence-corrected chi connectivity index (χ4v) is 12.5. The fourth-order valence-electron chi connectivity index (χ4n) is 7.26. The molecular weight excluding hydrogens is 594 g/mol. The third kappa shape index (κ3) is 7.03. The highest BCUT2D eigenvalue weighted by Gasteiger charge is 2.47. The molecule has 1 amide bonds. The van der Waals surface area contributed by atoms with E-state index < -0.39 is 14.1 Å². The Labute approximate surface area is 273 Å². The van der Waals surface area contributed by atoms with E-state index in [1.807, 2.05) is 29.3 Å². The number of H-pyrrole nitrogens is 1. The number of aromatic amines is 1. The number of amides is 1. The molecule has 0 bridgehead atoms. The van der Waals surface area contributed by atoms with Crippen LogP contribution in [0.25, 0.3) is 10.8 Å². The van der Waals surface area contributed by atoms with Crippen LogP contribution < -0.4 is 4.43 Å². The summed E-state index contributed by atoms with van der Waals surface area (Å²) in [5, 5.41) is 10.9. The van der Waals surface area contributed by atoms with E-state index in [0.29, 0.717) is 36.1 Å². The van der Waals surface area contributed by atoms with Gasteiger partial charge in [-0.1, -0.05) is 65.8 Å². The summed E-state index contributed by atoms with van der Waals surface area (Å²) in [6.45, 7) is 17.6. The van der Waals surface area contributed by atoms with Crippen LogP contribution in [0.15, 0.2) is 60.8 Å². The molecule has 5 rings (SSSR count). The highest BCUT2D eigenvalue weighted by Crippen LogP contribution is 2.43. The van der Waals surface area contributed by atoms with E-state index in [0.717, 1.165) is 65.2 Å². The number of nitrogens with one attached hydrogen (secondary N) is 1. The zero-order valence-corrected chi connectivity index (χ0v) is 28.9. The topological polar surface area (TPSA) is 85.2 Å². The number of nitrogens with zero attached hydrogens (tertiary/aromatic N) is 4. The molecule has 1 fully saturated rings. The number of piperazine rings is 1. The molecule has 7 nitrogen and oxygen atoms in total. The van der Waals surface area contributed by atoms with Crippen molar-refractivity contribution in [3.63, 3.8) is 0 Å². The van der Waals surface area contributed by atoms with Crippen LogP contribution in [0.1, 0.15) is 74.5 Å². The van der Waals surface area contributed by atoms with Crippen molar-refractivity contribution in [3.05, 3.63) is 94.8 Å². The summed E-state index contributed by atoms with van der Waals surface area (Å²) in [5.41, 5.74) is 3.96. The summed E-state index contributed by atoms with van der Waals surface area (Å²) in [7, 11) is -2.13. The molecule has 4 aromatic rings. The molecule has 9 heteroatoms. The molecule has 2 heterocycles. The molecule has 0 radical (unpaired) electrons. The standard InChI is InChI=1S/C37H46FN5O2Si/c1-25(2)46(26(3)4,27(5)6)45-32-13-12-29-8-7-9-33(34(29)22-32)37(44)43-18-16-42(17-19-43)15-14-31-24-40-36(41-31)21-28-10-11-30(23-39)35(38)20-28/h7-13,20,22,24-27H,14-19,21H2,1-6H3,(H,40,41). The zero-order chi connectivity index (χ0) is 33.0. The summed E-state index contributed by atoms with van der Waals surface area (Å²) < 4.78 is 21.0. The lowest BCUT2D eigenvalue weighted by atomic mass is 10.0. The van der Waals surface area contributed by atoms with Crippen molar-refractivity contribution in [1.82, 2.24) is 19.8 Å². The van der Waals surface area contributed by atoms with Crippen molar-refractivity contribution in [2.24, 2.45) is 0 Å². The average Bonchev–Trinajstić information content (AvgIpc) is 3.48. The van der Waals surface area contributed by atoms with Crippen LogP contribution in [0.3, 0.4) is 0 Å². The Balaban J connectivity index is 1.20. The maximum Gasteiger partial charge on any atom is 0.258 e. The zero-order valence-electron chi connectivity index (χ0n) is 27.9. The van der Waals surface area contributed by atoms with E-state index in [1.54, 1.807) is 6.07 Å². The van der Waals surface area contributed by atoms with Crippen molar-refractivity contribution in [2.45, 2.75) is 71.0 Å². The van der Waals surface area contributed by atoms with Crippen LogP contribution in [-0.4, -0.2) is 66.7 Å². The third-order valence-corrected chi connectivity index (χ3v) is 15.7. The second-order valence-electron chi connectivity index (χ2n) is 13.4. The summed E-state index contributed by atoms with van der Waals surface area (Å²) in [6, 6.07) is 18.7. The minimum atomic E-state index is -2.13. The number of nitriles is 1. The highest BCUT2D eigenvalue weighted by molar-refractivity contribution is 6.78. The van der Waals surface area contributed by atoms with Gasteiger partial charge in [0.25, 0.3) is 14.2 Å². The van der Waals surface area contributed by atoms with E-state index in [1.165, 1.54) is 12.1 Å². The third-order valence-electron chi connectivity index (χ3n) is 9.65. The molecular formula is C37H46FN5O2Si. The number of hydrogen-bond acceptors (Lipinski definition) is 5. The lowest BCUT2D eigenvalue weighted by Crippen LogP contribution is -2.50. The van der Waals surface area contributed by atoms with Gasteiger partial charge in [-0.05, 0) is 63.3 Å². The van der Waals surface area contributed by atoms with Gasteiger partial charge in [-0.25, -0.2) is 9.37 Å². The van der Waals surface area contributed by atoms with Crippen molar-refractivity contribution in [3.8, 4) is 11.8 Å². The van der Waals surface area contributed by atoms with Crippen molar-refractivity contribution >= 4 is 25.0 Å². The second-order valence-corrected chi connectivity index (χ2v) is 18.8. The molecule has 1 N–H and O–H groups in total. The predicted molar refractivity (Wildman–Crippen MR) is 184 cm³/mol. The summed E-state index contributed by atoms with van der Waals surface area (Å²) in [5.74, 6) is 1.20. The van der Waals surface area contributed by atoms with Gasteiger partial charge in [0.1, 0.15) is 23.5 Å². The second kappa shape index (κ2) is 14.2. The number of hydrogen-bond donors (Lipinski definition) is 1. The van der Waals surface area contributed by atoms with Gasteiger partial charge in [0.05, 0.1) is 5.56 Å². The number of halogens is 1. The molecule has 0 unspecified atom stereocenters. The van der Waals surface area contributed by atoms with Crippen LogP contribution in [-0.2, 0) is 12.8 Å². The van der Waals surface area contributed by atoms with E-state index in [9.17, 15) is 9.18 Å². The number of aromatic nitrogens is 2. The van der Waals surface area contributed by atoms with Gasteiger partial charge in [-0.15, -0.1) is 0 Å². The molecule has 1 aliphatic heterocycles. The Bertz CT molecular complexity index is 1700. The van der Waals surface area contributed by atoms with Gasteiger partial charge in [0.15, 0.2) is 0 Å². The van der Waals surface area contributed by atoms with Crippen molar-refractivity contribution < 1.29 is 13.6 Å². The Kier molecular flexibility index (Phi) is 10.3. The fraction of sp³-hybridized carbons (Fsp3) is 0.432. The summed E-state index contributed by atoms with van der Waals surface area (Å²) in [6.07, 6.45) is 3.12. The van der Waals surface area contributed by atoms with Gasteiger partial charge < -0.3 is 14.3 Å². The number of imidazole rings is 1. The van der Waals surface area contributed by atoms with Crippen LogP contribution in [0.4, 0.5) is 4.39 Å². The molecule has 0 saturated carbocycles. The van der Waals surface area contributed by atoms with E-state index in [4.69, 9.17) is 9.69 Å². The minimum Gasteiger partial charge on any atom is -0.543 e. The van der Waals surface area contributed by atoms with E-state index in [-0.39, 0.29) is 11.5 Å². The number of carbonyl (C=O) groups is 1. The largest absolute Gasteiger partial charge is 0.543 e. The average molecular weight is 640 g/mol. The summed E-state index contributed by atoms with van der Waals surface area (Å²) >= 11 is 0. The molecule has 242 valence electrons. The van der Waals surface area contributed by atoms with Gasteiger partial charge >= 0.3 is 0 Å². The quantitative estimate of drug-likeness (QED) is 0.170. The predicted octanol–water partition coefficient (Wildman–Crippen LogP) is 7.72. The number of carbonyl (C=O) groups excluding carboxylic acids is 1. The highest BCUT2D eigenvalue weighted by atomic mass is 28.4. The lowest BCUT2D eigenvalue weighted by molar-refractivity contribution is 0.0640. The van der Waals surface area contributed by atoms with Crippen LogP contribution in [0, 0.1) is 17.1 Å². The van der Waals surface area contributed by atoms with Gasteiger partial charge in [0, 0.05) is 63.0 Å². The van der Waals surface area contributed by atoms with Crippen molar-refractivity contribution in [2.75, 3.05) is 32.7 Å². The minimum absolute atomic E-state index is 0.0457. The molecule has 46 heavy (non-hydrogen) atoms. The molecule has 1 aromatic heterocycles. The maximum atomic E-state index is 14.0. The monoisotopic (exact) mass is 639 g/mol. The first-order valence-corrected chi connectivity index (χ1v) is 18.6. The molecule has 0 atom stereocenters. The van der Waals surface area contributed by atoms with Gasteiger partial charge in [-0.2, -0.15) is 5.26 Å². The molecule has 3 aromatic carbocycles. The SMILES string of the molecule is CC(C)[Si](Oc1ccc2cccc(C(=O)N3CCN(CCc4cnc(Cc5ccc(C#N)c(F)c5)[nH]4)CC3)c2c1)(C(C)C)C(C)C. The normalized spacial score (nSPS) is 14.4. The Morgan fingerprint density at radius 3 is 2.37 bits per heavy atom. The van der Waals surface area contributed by atoms with Crippen molar-refractivity contribution in [1.29, 1.82) is 5.26 Å². The van der Waals surface area contributed by atoms with Gasteiger partial charge in [-0.3, -0.25) is 9.69 Å². The first kappa shape index (κ1) is 33.4. The summed E-state index contributed by atoms with van der Waals surface area (Å²) in [4.78, 5) is 26.0. The molecule has 0 aliphatic carbocycles. The molecule has 1 aliphatic rings. The Morgan fingerprint density at radius 2 is 1.72 bits per heavy atom. The number of rotatable bonds is 11. The first-order chi connectivity index (χ1) is 22.0. The maximum absolute atomic E-state index is 14.0. The van der Waals surface area contributed by atoms with E-state index >= 15 is 0 Å². The Hall–Kier alpha value is -4.00. The smallest absolute Gasteiger partial charge is 0.258 e. The van der Waals surface area contributed by atoms with E-state index in [2.05, 4.69) is 80.7 Å². The lowest BCUT2D eigenvalue weighted by Gasteiger charge is -2.42. The number of fused-ring (bicyclic) bond motifs is 1.